The highest BCUT2D eigenvalue weighted by Crippen LogP contribution is 2.26. The zero-order valence-electron chi connectivity index (χ0n) is 11.4. The van der Waals surface area contributed by atoms with Gasteiger partial charge in [-0.1, -0.05) is 71.4 Å². The van der Waals surface area contributed by atoms with Gasteiger partial charge in [-0.15, -0.1) is 0 Å². The molecular formula is C17H20BrN. The van der Waals surface area contributed by atoms with Crippen molar-refractivity contribution in [2.75, 3.05) is 0 Å². The van der Waals surface area contributed by atoms with Crippen LogP contribution in [0.3, 0.4) is 0 Å². The summed E-state index contributed by atoms with van der Waals surface area (Å²) in [7, 11) is 0. The maximum absolute atomic E-state index is 3.71. The van der Waals surface area contributed by atoms with Gasteiger partial charge in [-0.05, 0) is 30.5 Å². The van der Waals surface area contributed by atoms with Crippen LogP contribution in [0.25, 0.3) is 0 Å². The Hall–Kier alpha value is -1.12. The Bertz CT molecular complexity index is 510. The average molecular weight is 318 g/mol. The Morgan fingerprint density at radius 3 is 2.26 bits per heavy atom. The monoisotopic (exact) mass is 317 g/mol. The molecule has 0 aliphatic rings. The van der Waals surface area contributed by atoms with Gasteiger partial charge in [-0.25, -0.2) is 0 Å². The molecule has 0 spiro atoms. The van der Waals surface area contributed by atoms with Crippen LogP contribution >= 0.6 is 15.9 Å². The third-order valence-corrected chi connectivity index (χ3v) is 4.16. The van der Waals surface area contributed by atoms with Crippen molar-refractivity contribution in [3.8, 4) is 0 Å². The molecule has 19 heavy (non-hydrogen) atoms. The fourth-order valence-electron chi connectivity index (χ4n) is 2.35. The molecule has 2 aromatic carbocycles. The molecule has 1 unspecified atom stereocenters. The number of rotatable bonds is 5. The second-order valence-electron chi connectivity index (χ2n) is 4.78. The Labute approximate surface area is 124 Å². The molecule has 0 amide bonds. The maximum atomic E-state index is 3.71. The SMILES string of the molecule is CCC(N[C@H](C)c1ccccc1Br)c1ccccc1. The van der Waals surface area contributed by atoms with Crippen LogP contribution in [0.2, 0.25) is 0 Å². The molecule has 0 saturated heterocycles. The van der Waals surface area contributed by atoms with E-state index >= 15 is 0 Å². The largest absolute Gasteiger partial charge is 0.303 e. The number of benzene rings is 2. The van der Waals surface area contributed by atoms with Crippen LogP contribution in [0.1, 0.15) is 43.5 Å². The van der Waals surface area contributed by atoms with E-state index in [1.54, 1.807) is 0 Å². The highest BCUT2D eigenvalue weighted by Gasteiger charge is 2.14. The number of hydrogen-bond donors (Lipinski definition) is 1. The second-order valence-corrected chi connectivity index (χ2v) is 5.64. The quantitative estimate of drug-likeness (QED) is 0.794. The summed E-state index contributed by atoms with van der Waals surface area (Å²) in [6, 6.07) is 19.7. The lowest BCUT2D eigenvalue weighted by Gasteiger charge is -2.23. The Morgan fingerprint density at radius 1 is 1.00 bits per heavy atom. The lowest BCUT2D eigenvalue weighted by molar-refractivity contribution is 0.455. The molecule has 0 radical (unpaired) electrons. The highest BCUT2D eigenvalue weighted by atomic mass is 79.9. The van der Waals surface area contributed by atoms with Gasteiger partial charge in [0.05, 0.1) is 0 Å². The van der Waals surface area contributed by atoms with Crippen LogP contribution in [0.4, 0.5) is 0 Å². The maximum Gasteiger partial charge on any atom is 0.0323 e. The zero-order chi connectivity index (χ0) is 13.7. The van der Waals surface area contributed by atoms with E-state index in [0.29, 0.717) is 12.1 Å². The van der Waals surface area contributed by atoms with Crippen LogP contribution in [-0.2, 0) is 0 Å². The summed E-state index contributed by atoms with van der Waals surface area (Å²) in [5, 5.41) is 3.71. The fraction of sp³-hybridized carbons (Fsp3) is 0.294. The molecule has 0 saturated carbocycles. The molecule has 2 heteroatoms. The summed E-state index contributed by atoms with van der Waals surface area (Å²) < 4.78 is 1.16. The number of hydrogen-bond acceptors (Lipinski definition) is 1. The van der Waals surface area contributed by atoms with Gasteiger partial charge in [0.25, 0.3) is 0 Å². The molecule has 2 atom stereocenters. The van der Waals surface area contributed by atoms with E-state index in [1.165, 1.54) is 11.1 Å². The smallest absolute Gasteiger partial charge is 0.0323 e. The van der Waals surface area contributed by atoms with Crippen molar-refractivity contribution in [1.82, 2.24) is 5.32 Å². The van der Waals surface area contributed by atoms with Gasteiger partial charge in [-0.3, -0.25) is 0 Å². The van der Waals surface area contributed by atoms with Gasteiger partial charge in [0, 0.05) is 16.6 Å². The summed E-state index contributed by atoms with van der Waals surface area (Å²) in [6.45, 7) is 4.43. The Balaban J connectivity index is 2.13. The summed E-state index contributed by atoms with van der Waals surface area (Å²) >= 11 is 3.62. The molecule has 1 nitrogen and oxygen atoms in total. The van der Waals surface area contributed by atoms with E-state index in [9.17, 15) is 0 Å². The number of halogens is 1. The molecule has 0 heterocycles. The molecule has 2 rings (SSSR count). The molecule has 1 N–H and O–H groups in total. The molecule has 100 valence electrons. The minimum atomic E-state index is 0.320. The molecule has 0 fully saturated rings. The standard InChI is InChI=1S/C17H20BrN/c1-3-17(14-9-5-4-6-10-14)19-13(2)15-11-7-8-12-16(15)18/h4-13,17,19H,3H2,1-2H3/t13-,17?/m1/s1. The predicted molar refractivity (Wildman–Crippen MR) is 85.2 cm³/mol. The summed E-state index contributed by atoms with van der Waals surface area (Å²) in [5.74, 6) is 0. The van der Waals surface area contributed by atoms with Gasteiger partial charge >= 0.3 is 0 Å². The Morgan fingerprint density at radius 2 is 1.63 bits per heavy atom. The molecule has 0 bridgehead atoms. The topological polar surface area (TPSA) is 12.0 Å². The van der Waals surface area contributed by atoms with Gasteiger partial charge in [0.1, 0.15) is 0 Å². The van der Waals surface area contributed by atoms with Gasteiger partial charge in [-0.2, -0.15) is 0 Å². The first-order valence-electron chi connectivity index (χ1n) is 6.77. The Kier molecular flexibility index (Phi) is 5.17. The minimum absolute atomic E-state index is 0.320. The first-order valence-corrected chi connectivity index (χ1v) is 7.57. The van der Waals surface area contributed by atoms with Crippen LogP contribution in [0.5, 0.6) is 0 Å². The zero-order valence-corrected chi connectivity index (χ0v) is 13.0. The van der Waals surface area contributed by atoms with Crippen molar-refractivity contribution in [3.63, 3.8) is 0 Å². The minimum Gasteiger partial charge on any atom is -0.303 e. The van der Waals surface area contributed by atoms with Crippen molar-refractivity contribution in [3.05, 3.63) is 70.2 Å². The normalized spacial score (nSPS) is 14.1. The summed E-state index contributed by atoms with van der Waals surface area (Å²) in [4.78, 5) is 0. The predicted octanol–water partition coefficient (Wildman–Crippen LogP) is 5.25. The first kappa shape index (κ1) is 14.3. The second kappa shape index (κ2) is 6.88. The molecule has 0 aliphatic heterocycles. The van der Waals surface area contributed by atoms with Crippen LogP contribution < -0.4 is 5.32 Å². The van der Waals surface area contributed by atoms with Gasteiger partial charge in [0.2, 0.25) is 0 Å². The van der Waals surface area contributed by atoms with Crippen molar-refractivity contribution in [2.45, 2.75) is 32.4 Å². The average Bonchev–Trinajstić information content (AvgIpc) is 2.46. The van der Waals surface area contributed by atoms with Crippen molar-refractivity contribution >= 4 is 15.9 Å². The van der Waals surface area contributed by atoms with E-state index in [1.807, 2.05) is 0 Å². The van der Waals surface area contributed by atoms with E-state index in [0.717, 1.165) is 10.9 Å². The molecule has 2 aromatic rings. The van der Waals surface area contributed by atoms with Crippen molar-refractivity contribution in [2.24, 2.45) is 0 Å². The first-order chi connectivity index (χ1) is 9.22. The van der Waals surface area contributed by atoms with Crippen molar-refractivity contribution < 1.29 is 0 Å². The van der Waals surface area contributed by atoms with Crippen LogP contribution in [-0.4, -0.2) is 0 Å². The molecule has 0 aromatic heterocycles. The third kappa shape index (κ3) is 3.68. The van der Waals surface area contributed by atoms with Crippen LogP contribution in [0, 0.1) is 0 Å². The van der Waals surface area contributed by atoms with E-state index < -0.39 is 0 Å². The van der Waals surface area contributed by atoms with Gasteiger partial charge < -0.3 is 5.32 Å². The van der Waals surface area contributed by atoms with E-state index in [2.05, 4.69) is 89.7 Å². The lowest BCUT2D eigenvalue weighted by atomic mass is 10.0. The molecule has 0 aliphatic carbocycles. The highest BCUT2D eigenvalue weighted by molar-refractivity contribution is 9.10. The third-order valence-electron chi connectivity index (χ3n) is 3.43. The molecular weight excluding hydrogens is 298 g/mol. The van der Waals surface area contributed by atoms with E-state index in [-0.39, 0.29) is 0 Å². The number of nitrogens with one attached hydrogen (secondary N) is 1. The summed E-state index contributed by atoms with van der Waals surface area (Å²) in [5.41, 5.74) is 2.65. The van der Waals surface area contributed by atoms with E-state index in [4.69, 9.17) is 0 Å². The summed E-state index contributed by atoms with van der Waals surface area (Å²) in [6.07, 6.45) is 1.08. The van der Waals surface area contributed by atoms with Gasteiger partial charge in [0.15, 0.2) is 0 Å². The van der Waals surface area contributed by atoms with Crippen molar-refractivity contribution in [1.29, 1.82) is 0 Å². The lowest BCUT2D eigenvalue weighted by Crippen LogP contribution is -2.24. The fourth-order valence-corrected chi connectivity index (χ4v) is 2.98. The van der Waals surface area contributed by atoms with Crippen LogP contribution in [0.15, 0.2) is 59.1 Å².